The average Bonchev–Trinajstić information content (AvgIpc) is 3.02. The molecule has 1 N–H and O–H groups in total. The number of methoxy groups -OCH3 is 6. The Morgan fingerprint density at radius 2 is 1.10 bits per heavy atom. The molecule has 3 aromatic carbocycles. The fourth-order valence-electron chi connectivity index (χ4n) is 3.83. The minimum absolute atomic E-state index is 0.259. The predicted octanol–water partition coefficient (Wildman–Crippen LogP) is 5.58. The second-order valence-electron chi connectivity index (χ2n) is 8.35. The summed E-state index contributed by atoms with van der Waals surface area (Å²) in [5, 5.41) is 3.52. The zero-order valence-corrected chi connectivity index (χ0v) is 24.3. The smallest absolute Gasteiger partial charge is 0.257 e. The van der Waals surface area contributed by atoms with Crippen molar-refractivity contribution in [2.45, 2.75) is 6.54 Å². The molecular weight excluding hydrogens is 550 g/mol. The Morgan fingerprint density at radius 3 is 1.66 bits per heavy atom. The van der Waals surface area contributed by atoms with Gasteiger partial charge in [-0.05, 0) is 36.4 Å². The summed E-state index contributed by atoms with van der Waals surface area (Å²) in [7, 11) is 9.53. The van der Waals surface area contributed by atoms with Crippen molar-refractivity contribution in [1.82, 2.24) is 19.9 Å². The first-order chi connectivity index (χ1) is 19.9. The first kappa shape index (κ1) is 29.2. The molecule has 0 saturated heterocycles. The lowest BCUT2D eigenvalue weighted by atomic mass is 10.2. The lowest BCUT2D eigenvalue weighted by molar-refractivity contribution is 0.391. The van der Waals surface area contributed by atoms with E-state index in [4.69, 9.17) is 40.0 Å². The van der Waals surface area contributed by atoms with Crippen LogP contribution in [0.3, 0.4) is 0 Å². The van der Waals surface area contributed by atoms with Gasteiger partial charge < -0.3 is 33.7 Å². The molecule has 0 aliphatic rings. The van der Waals surface area contributed by atoms with Crippen LogP contribution in [-0.2, 0) is 6.54 Å². The van der Waals surface area contributed by atoms with Gasteiger partial charge in [-0.3, -0.25) is 0 Å². The van der Waals surface area contributed by atoms with Gasteiger partial charge in [0, 0.05) is 30.3 Å². The van der Waals surface area contributed by atoms with E-state index in [2.05, 4.69) is 25.3 Å². The van der Waals surface area contributed by atoms with Crippen LogP contribution in [0.15, 0.2) is 54.6 Å². The van der Waals surface area contributed by atoms with Crippen LogP contribution in [0.25, 0.3) is 22.1 Å². The van der Waals surface area contributed by atoms with Crippen molar-refractivity contribution in [2.24, 2.45) is 0 Å². The van der Waals surface area contributed by atoms with E-state index in [1.165, 1.54) is 7.11 Å². The van der Waals surface area contributed by atoms with E-state index >= 15 is 0 Å². The molecule has 0 amide bonds. The van der Waals surface area contributed by atoms with Gasteiger partial charge in [-0.15, -0.1) is 0 Å². The van der Waals surface area contributed by atoms with E-state index in [9.17, 15) is 0 Å². The Balaban J connectivity index is 0.000000218. The molecule has 214 valence electrons. The maximum absolute atomic E-state index is 5.85. The van der Waals surface area contributed by atoms with E-state index in [1.807, 2.05) is 36.4 Å². The highest BCUT2D eigenvalue weighted by Crippen LogP contribution is 2.29. The molecule has 41 heavy (non-hydrogen) atoms. The Labute approximate surface area is 242 Å². The van der Waals surface area contributed by atoms with E-state index in [0.717, 1.165) is 34.1 Å². The van der Waals surface area contributed by atoms with Crippen molar-refractivity contribution in [3.63, 3.8) is 0 Å². The van der Waals surface area contributed by atoms with Crippen LogP contribution < -0.4 is 33.7 Å². The van der Waals surface area contributed by atoms with E-state index in [1.54, 1.807) is 53.7 Å². The molecule has 2 aromatic heterocycles. The highest BCUT2D eigenvalue weighted by atomic mass is 35.5. The number of hydrogen-bond acceptors (Lipinski definition) is 11. The topological polar surface area (TPSA) is 119 Å². The van der Waals surface area contributed by atoms with Gasteiger partial charge in [-0.2, -0.15) is 0 Å². The number of ether oxygens (including phenoxy) is 6. The third kappa shape index (κ3) is 6.87. The minimum atomic E-state index is 0.259. The van der Waals surface area contributed by atoms with Crippen LogP contribution in [0.5, 0.6) is 34.8 Å². The summed E-state index contributed by atoms with van der Waals surface area (Å²) in [6.45, 7) is 0.500. The Bertz CT molecular complexity index is 1650. The third-order valence-corrected chi connectivity index (χ3v) is 6.21. The maximum atomic E-state index is 5.85. The molecule has 0 radical (unpaired) electrons. The Morgan fingerprint density at radius 1 is 0.561 bits per heavy atom. The number of fused-ring (bicyclic) bond motifs is 2. The maximum Gasteiger partial charge on any atom is 0.257 e. The standard InChI is InChI=1S/C19H21N3O4.C10H9ClN2O2/c1-23-13-7-8-15-16(9-13)22-19(26-4)18(21-15)20-11-12-5-6-14(24-2)10-17(12)25-3;1-14-6-3-4-7-8(5-6)13-10(15-2)9(11)12-7/h5-10H,11H2,1-4H3,(H,20,21);3-5H,1-2H3. The molecule has 12 heteroatoms. The average molecular weight is 580 g/mol. The van der Waals surface area contributed by atoms with Crippen LogP contribution in [0, 0.1) is 0 Å². The molecule has 0 bridgehead atoms. The molecule has 11 nitrogen and oxygen atoms in total. The number of aromatic nitrogens is 4. The second kappa shape index (κ2) is 13.5. The van der Waals surface area contributed by atoms with Crippen molar-refractivity contribution in [3.8, 4) is 34.8 Å². The quantitative estimate of drug-likeness (QED) is 0.236. The summed E-state index contributed by atoms with van der Waals surface area (Å²) < 4.78 is 31.3. The van der Waals surface area contributed by atoms with Crippen molar-refractivity contribution in [1.29, 1.82) is 0 Å². The molecular formula is C29H30ClN5O6. The van der Waals surface area contributed by atoms with Gasteiger partial charge in [0.25, 0.3) is 11.8 Å². The second-order valence-corrected chi connectivity index (χ2v) is 8.70. The van der Waals surface area contributed by atoms with Crippen LogP contribution >= 0.6 is 11.6 Å². The van der Waals surface area contributed by atoms with Gasteiger partial charge in [0.1, 0.15) is 23.0 Å². The summed E-state index contributed by atoms with van der Waals surface area (Å²) >= 11 is 5.85. The SMILES string of the molecule is COc1ccc(CNc2nc3ccc(OC)cc3nc2OC)c(OC)c1.COc1ccc2nc(Cl)c(OC)nc2c1. The van der Waals surface area contributed by atoms with Crippen molar-refractivity contribution in [3.05, 3.63) is 65.3 Å². The molecule has 0 unspecified atom stereocenters. The van der Waals surface area contributed by atoms with Gasteiger partial charge in [0.05, 0.1) is 64.7 Å². The van der Waals surface area contributed by atoms with Crippen LogP contribution in [0.2, 0.25) is 5.15 Å². The minimum Gasteiger partial charge on any atom is -0.497 e. The Hall–Kier alpha value is -4.77. The zero-order chi connectivity index (χ0) is 29.4. The van der Waals surface area contributed by atoms with Crippen LogP contribution in [-0.4, -0.2) is 62.6 Å². The molecule has 0 saturated carbocycles. The lowest BCUT2D eigenvalue weighted by Crippen LogP contribution is -2.06. The largest absolute Gasteiger partial charge is 0.497 e. The lowest BCUT2D eigenvalue weighted by Gasteiger charge is -2.13. The fraction of sp³-hybridized carbons (Fsp3) is 0.241. The van der Waals surface area contributed by atoms with Crippen LogP contribution in [0.1, 0.15) is 5.56 Å². The number of nitrogens with one attached hydrogen (secondary N) is 1. The first-order valence-electron chi connectivity index (χ1n) is 12.3. The monoisotopic (exact) mass is 579 g/mol. The number of nitrogens with zero attached hydrogens (tertiary/aromatic N) is 4. The summed E-state index contributed by atoms with van der Waals surface area (Å²) in [6, 6.07) is 16.6. The molecule has 0 spiro atoms. The molecule has 2 heterocycles. The van der Waals surface area contributed by atoms with Crippen LogP contribution in [0.4, 0.5) is 5.82 Å². The molecule has 5 aromatic rings. The summed E-state index contributed by atoms with van der Waals surface area (Å²) in [5.74, 6) is 4.20. The van der Waals surface area contributed by atoms with E-state index in [-0.39, 0.29) is 5.15 Å². The first-order valence-corrected chi connectivity index (χ1v) is 12.7. The molecule has 0 aliphatic carbocycles. The molecule has 0 fully saturated rings. The summed E-state index contributed by atoms with van der Waals surface area (Å²) in [4.78, 5) is 17.5. The van der Waals surface area contributed by atoms with Crippen molar-refractivity contribution >= 4 is 39.5 Å². The van der Waals surface area contributed by atoms with Gasteiger partial charge in [-0.1, -0.05) is 11.6 Å². The van der Waals surface area contributed by atoms with E-state index < -0.39 is 0 Å². The number of halogens is 1. The van der Waals surface area contributed by atoms with Gasteiger partial charge in [0.15, 0.2) is 11.0 Å². The molecule has 0 aliphatic heterocycles. The normalized spacial score (nSPS) is 10.4. The third-order valence-electron chi connectivity index (χ3n) is 5.97. The predicted molar refractivity (Wildman–Crippen MR) is 157 cm³/mol. The highest BCUT2D eigenvalue weighted by molar-refractivity contribution is 6.31. The van der Waals surface area contributed by atoms with Gasteiger partial charge >= 0.3 is 0 Å². The van der Waals surface area contributed by atoms with E-state index in [0.29, 0.717) is 40.7 Å². The Kier molecular flexibility index (Phi) is 9.64. The van der Waals surface area contributed by atoms with Gasteiger partial charge in [0.2, 0.25) is 0 Å². The summed E-state index contributed by atoms with van der Waals surface area (Å²) in [6.07, 6.45) is 0. The van der Waals surface area contributed by atoms with Crippen molar-refractivity contribution < 1.29 is 28.4 Å². The summed E-state index contributed by atoms with van der Waals surface area (Å²) in [5.41, 5.74) is 3.81. The molecule has 5 rings (SSSR count). The fourth-order valence-corrected chi connectivity index (χ4v) is 4.04. The number of benzene rings is 3. The zero-order valence-electron chi connectivity index (χ0n) is 23.5. The molecule has 0 atom stereocenters. The number of anilines is 1. The van der Waals surface area contributed by atoms with Gasteiger partial charge in [-0.25, -0.2) is 19.9 Å². The van der Waals surface area contributed by atoms with Crippen molar-refractivity contribution in [2.75, 3.05) is 48.0 Å². The highest BCUT2D eigenvalue weighted by Gasteiger charge is 2.12. The number of rotatable bonds is 9. The number of hydrogen-bond donors (Lipinski definition) is 1.